The van der Waals surface area contributed by atoms with Crippen LogP contribution in [0.3, 0.4) is 0 Å². The summed E-state index contributed by atoms with van der Waals surface area (Å²) in [6.45, 7) is 1.42. The van der Waals surface area contributed by atoms with E-state index in [1.807, 2.05) is 0 Å². The van der Waals surface area contributed by atoms with Crippen LogP contribution in [0.4, 0.5) is 0 Å². The molecule has 1 saturated heterocycles. The molecule has 1 fully saturated rings. The van der Waals surface area contributed by atoms with Crippen LogP contribution in [-0.4, -0.2) is 14.8 Å². The molecule has 60 valence electrons. The Balaban J connectivity index is 2.15. The van der Waals surface area contributed by atoms with Crippen LogP contribution in [0.5, 0.6) is 0 Å². The summed E-state index contributed by atoms with van der Waals surface area (Å²) in [5.74, 6) is 0. The van der Waals surface area contributed by atoms with Crippen LogP contribution in [-0.2, 0) is 0 Å². The van der Waals surface area contributed by atoms with Crippen LogP contribution in [0.25, 0.3) is 0 Å². The van der Waals surface area contributed by atoms with Gasteiger partial charge in [0, 0.05) is 0 Å². The van der Waals surface area contributed by atoms with E-state index < -0.39 is 14.8 Å². The number of rotatable bonds is 3. The fourth-order valence-corrected chi connectivity index (χ4v) is 26.5. The van der Waals surface area contributed by atoms with Gasteiger partial charge >= 0.3 is 0 Å². The van der Waals surface area contributed by atoms with Gasteiger partial charge in [-0.15, -0.1) is 15.3 Å². The number of halogens is 2. The van der Waals surface area contributed by atoms with Gasteiger partial charge in [-0.05, 0) is 17.4 Å². The molecule has 0 spiro atoms. The zero-order chi connectivity index (χ0) is 7.61. The fraction of sp³-hybridized carbons (Fsp3) is 1.00. The lowest BCUT2D eigenvalue weighted by atomic mass is 10.4. The van der Waals surface area contributed by atoms with Crippen LogP contribution < -0.4 is 0 Å². The topological polar surface area (TPSA) is 0 Å². The average Bonchev–Trinajstić information content (AvgIpc) is 1.81. The first-order valence-corrected chi connectivity index (χ1v) is 12.2. The minimum atomic E-state index is -0.838. The van der Waals surface area contributed by atoms with Crippen LogP contribution in [0.2, 0.25) is 17.4 Å². The minimum absolute atomic E-state index is 0.650. The highest BCUT2D eigenvalue weighted by Gasteiger charge is 2.43. The summed E-state index contributed by atoms with van der Waals surface area (Å²) in [6, 6.07) is 1.47. The second kappa shape index (κ2) is 3.74. The Labute approximate surface area is 78.2 Å². The van der Waals surface area contributed by atoms with E-state index in [0.29, 0.717) is 0 Å². The standard InChI is InChI=1S/C6H14BrClSi2/c1-2-3-4-10(7)5-9(8)6-10/h9H,2-6H2,1H3. The van der Waals surface area contributed by atoms with E-state index in [-0.39, 0.29) is 0 Å². The van der Waals surface area contributed by atoms with Crippen molar-refractivity contribution in [3.05, 3.63) is 0 Å². The molecular formula is C6H14BrClSi2. The Morgan fingerprint density at radius 3 is 2.60 bits per heavy atom. The van der Waals surface area contributed by atoms with Crippen molar-refractivity contribution in [1.82, 2.24) is 0 Å². The molecule has 0 N–H and O–H groups in total. The Kier molecular flexibility index (Phi) is 3.47. The number of hydrogen-bond donors (Lipinski definition) is 0. The van der Waals surface area contributed by atoms with Gasteiger partial charge in [0.05, 0.1) is 0 Å². The highest BCUT2D eigenvalue weighted by molar-refractivity contribution is 9.26. The molecule has 0 saturated carbocycles. The molecule has 1 aliphatic rings. The van der Waals surface area contributed by atoms with Crippen LogP contribution in [0, 0.1) is 0 Å². The lowest BCUT2D eigenvalue weighted by molar-refractivity contribution is 0.869. The van der Waals surface area contributed by atoms with Crippen molar-refractivity contribution in [2.75, 3.05) is 0 Å². The SMILES string of the molecule is CCCC[Si]1(Br)C[SiH](Cl)C1. The molecular weight excluding hydrogens is 244 g/mol. The first-order chi connectivity index (χ1) is 4.66. The Bertz CT molecular complexity index is 114. The summed E-state index contributed by atoms with van der Waals surface area (Å²) in [4.78, 5) is 0. The molecule has 0 aliphatic carbocycles. The Morgan fingerprint density at radius 2 is 2.20 bits per heavy atom. The summed E-state index contributed by atoms with van der Waals surface area (Å²) < 4.78 is 0. The van der Waals surface area contributed by atoms with E-state index in [2.05, 4.69) is 22.2 Å². The smallest absolute Gasteiger partial charge is 0.137 e. The summed E-state index contributed by atoms with van der Waals surface area (Å²) in [7, 11) is -0.650. The molecule has 0 amide bonds. The quantitative estimate of drug-likeness (QED) is 0.538. The van der Waals surface area contributed by atoms with E-state index in [1.165, 1.54) is 30.2 Å². The van der Waals surface area contributed by atoms with Crippen molar-refractivity contribution < 1.29 is 0 Å². The number of unbranched alkanes of at least 4 members (excludes halogenated alkanes) is 1. The van der Waals surface area contributed by atoms with Gasteiger partial charge in [-0.3, -0.25) is 0 Å². The minimum Gasteiger partial charge on any atom is -0.172 e. The van der Waals surface area contributed by atoms with Crippen LogP contribution in [0.15, 0.2) is 0 Å². The molecule has 0 aromatic rings. The molecule has 1 rings (SSSR count). The zero-order valence-electron chi connectivity index (χ0n) is 6.37. The second-order valence-electron chi connectivity index (χ2n) is 3.26. The Hall–Kier alpha value is 1.20. The van der Waals surface area contributed by atoms with Gasteiger partial charge < -0.3 is 0 Å². The van der Waals surface area contributed by atoms with Crippen molar-refractivity contribution in [3.63, 3.8) is 0 Å². The van der Waals surface area contributed by atoms with Gasteiger partial charge in [0.25, 0.3) is 0 Å². The molecule has 0 aromatic carbocycles. The predicted molar refractivity (Wildman–Crippen MR) is 57.0 cm³/mol. The molecule has 0 nitrogen and oxygen atoms in total. The Morgan fingerprint density at radius 1 is 1.60 bits per heavy atom. The summed E-state index contributed by atoms with van der Waals surface area (Å²) in [6.07, 6.45) is 2.75. The van der Waals surface area contributed by atoms with Gasteiger partial charge in [0.1, 0.15) is 14.8 Å². The molecule has 0 bridgehead atoms. The fourth-order valence-electron chi connectivity index (χ4n) is 1.43. The predicted octanol–water partition coefficient (Wildman–Crippen LogP) is 3.18. The zero-order valence-corrected chi connectivity index (χ0v) is 10.9. The molecule has 1 aliphatic heterocycles. The maximum Gasteiger partial charge on any atom is 0.137 e. The van der Waals surface area contributed by atoms with Crippen molar-refractivity contribution in [1.29, 1.82) is 0 Å². The third-order valence-corrected chi connectivity index (χ3v) is 22.6. The van der Waals surface area contributed by atoms with Crippen molar-refractivity contribution in [2.45, 2.75) is 37.1 Å². The summed E-state index contributed by atoms with van der Waals surface area (Å²) >= 11 is 9.95. The van der Waals surface area contributed by atoms with Crippen molar-refractivity contribution in [3.8, 4) is 0 Å². The first-order valence-electron chi connectivity index (χ1n) is 3.99. The van der Waals surface area contributed by atoms with Crippen LogP contribution >= 0.6 is 26.4 Å². The second-order valence-corrected chi connectivity index (χ2v) is 17.4. The third-order valence-electron chi connectivity index (χ3n) is 2.15. The summed E-state index contributed by atoms with van der Waals surface area (Å²) in [5, 5.41) is 0. The maximum absolute atomic E-state index is 6.06. The highest BCUT2D eigenvalue weighted by Crippen LogP contribution is 2.42. The van der Waals surface area contributed by atoms with E-state index in [4.69, 9.17) is 11.1 Å². The monoisotopic (exact) mass is 256 g/mol. The van der Waals surface area contributed by atoms with Gasteiger partial charge in [-0.25, -0.2) is 0 Å². The average molecular weight is 258 g/mol. The van der Waals surface area contributed by atoms with E-state index in [9.17, 15) is 0 Å². The maximum atomic E-state index is 6.06. The van der Waals surface area contributed by atoms with Gasteiger partial charge in [-0.1, -0.05) is 19.8 Å². The van der Waals surface area contributed by atoms with E-state index in [1.54, 1.807) is 0 Å². The van der Waals surface area contributed by atoms with Crippen molar-refractivity contribution in [2.24, 2.45) is 0 Å². The first kappa shape index (κ1) is 9.29. The van der Waals surface area contributed by atoms with E-state index >= 15 is 0 Å². The van der Waals surface area contributed by atoms with Gasteiger partial charge in [0.2, 0.25) is 0 Å². The third kappa shape index (κ3) is 2.36. The van der Waals surface area contributed by atoms with Gasteiger partial charge in [-0.2, -0.15) is 11.1 Å². The molecule has 0 radical (unpaired) electrons. The number of hydrogen-bond acceptors (Lipinski definition) is 0. The highest BCUT2D eigenvalue weighted by atomic mass is 79.9. The summed E-state index contributed by atoms with van der Waals surface area (Å²) in [5.41, 5.74) is 2.88. The molecule has 1 heterocycles. The lowest BCUT2D eigenvalue weighted by Crippen LogP contribution is -2.45. The van der Waals surface area contributed by atoms with Gasteiger partial charge in [0.15, 0.2) is 0 Å². The molecule has 10 heavy (non-hydrogen) atoms. The van der Waals surface area contributed by atoms with Crippen molar-refractivity contribution >= 4 is 41.2 Å². The molecule has 0 atom stereocenters. The largest absolute Gasteiger partial charge is 0.172 e. The molecule has 4 heteroatoms. The van der Waals surface area contributed by atoms with Crippen LogP contribution in [0.1, 0.15) is 19.8 Å². The normalized spacial score (nSPS) is 39.3. The molecule has 0 aromatic heterocycles. The van der Waals surface area contributed by atoms with E-state index in [0.717, 1.165) is 0 Å². The lowest BCUT2D eigenvalue weighted by Gasteiger charge is -2.37. The molecule has 0 unspecified atom stereocenters.